The van der Waals surface area contributed by atoms with Crippen LogP contribution in [-0.2, 0) is 0 Å². The highest BCUT2D eigenvalue weighted by Crippen LogP contribution is 2.31. The van der Waals surface area contributed by atoms with Gasteiger partial charge in [0, 0.05) is 23.4 Å². The maximum atomic E-state index is 12.4. The zero-order valence-corrected chi connectivity index (χ0v) is 15.3. The molecular formula is C16H14Cl3N3O3. The van der Waals surface area contributed by atoms with Gasteiger partial charge < -0.3 is 10.6 Å². The third kappa shape index (κ3) is 5.49. The van der Waals surface area contributed by atoms with Crippen LogP contribution in [0.1, 0.15) is 15.9 Å². The third-order valence-electron chi connectivity index (χ3n) is 3.25. The molecule has 0 unspecified atom stereocenters. The normalized spacial score (nSPS) is 12.3. The van der Waals surface area contributed by atoms with Crippen LogP contribution in [-0.4, -0.2) is 20.8 Å². The monoisotopic (exact) mass is 401 g/mol. The standard InChI is InChI=1S/C16H14Cl3N3O3/c1-10-4-2-6-12(8-10)20-15(16(17,18)19)21-14(23)11-5-3-7-13(9-11)22(24)25/h2-9,15,20H,1H3,(H,21,23)/t15-/m1/s1. The van der Waals surface area contributed by atoms with Gasteiger partial charge in [-0.25, -0.2) is 0 Å². The zero-order valence-electron chi connectivity index (χ0n) is 13.0. The van der Waals surface area contributed by atoms with Crippen LogP contribution in [0, 0.1) is 17.0 Å². The summed E-state index contributed by atoms with van der Waals surface area (Å²) in [6.07, 6.45) is -1.05. The summed E-state index contributed by atoms with van der Waals surface area (Å²) in [6, 6.07) is 12.6. The first-order valence-electron chi connectivity index (χ1n) is 7.12. The van der Waals surface area contributed by atoms with Gasteiger partial charge in [0.15, 0.2) is 0 Å². The number of nitrogens with one attached hydrogen (secondary N) is 2. The fraction of sp³-hybridized carbons (Fsp3) is 0.188. The lowest BCUT2D eigenvalue weighted by Gasteiger charge is -2.27. The Bertz CT molecular complexity index is 793. The molecule has 2 N–H and O–H groups in total. The second-order valence-electron chi connectivity index (χ2n) is 5.27. The van der Waals surface area contributed by atoms with Crippen molar-refractivity contribution in [1.82, 2.24) is 5.32 Å². The Labute approximate surface area is 159 Å². The third-order valence-corrected chi connectivity index (χ3v) is 3.91. The highest BCUT2D eigenvalue weighted by Gasteiger charge is 2.34. The highest BCUT2D eigenvalue weighted by atomic mass is 35.6. The van der Waals surface area contributed by atoms with E-state index >= 15 is 0 Å². The molecule has 0 heterocycles. The van der Waals surface area contributed by atoms with Crippen molar-refractivity contribution in [2.75, 3.05) is 5.32 Å². The van der Waals surface area contributed by atoms with Crippen molar-refractivity contribution in [2.24, 2.45) is 0 Å². The van der Waals surface area contributed by atoms with Crippen LogP contribution in [0.5, 0.6) is 0 Å². The molecule has 0 spiro atoms. The molecule has 0 aliphatic rings. The molecule has 25 heavy (non-hydrogen) atoms. The lowest BCUT2D eigenvalue weighted by molar-refractivity contribution is -0.384. The predicted molar refractivity (Wildman–Crippen MR) is 99.4 cm³/mol. The number of amides is 1. The summed E-state index contributed by atoms with van der Waals surface area (Å²) in [4.78, 5) is 22.6. The van der Waals surface area contributed by atoms with Gasteiger partial charge in [-0.2, -0.15) is 0 Å². The number of anilines is 1. The number of carbonyl (C=O) groups is 1. The molecule has 0 saturated carbocycles. The molecule has 0 aliphatic carbocycles. The minimum Gasteiger partial charge on any atom is -0.362 e. The molecule has 0 aliphatic heterocycles. The summed E-state index contributed by atoms with van der Waals surface area (Å²) < 4.78 is -1.85. The van der Waals surface area contributed by atoms with Gasteiger partial charge >= 0.3 is 0 Å². The molecule has 0 aromatic heterocycles. The second kappa shape index (κ2) is 7.91. The van der Waals surface area contributed by atoms with Crippen LogP contribution in [0.2, 0.25) is 0 Å². The van der Waals surface area contributed by atoms with E-state index in [2.05, 4.69) is 10.6 Å². The summed E-state index contributed by atoms with van der Waals surface area (Å²) in [5, 5.41) is 16.3. The van der Waals surface area contributed by atoms with Gasteiger partial charge in [0.1, 0.15) is 6.17 Å². The summed E-state index contributed by atoms with van der Waals surface area (Å²) in [7, 11) is 0. The number of hydrogen-bond acceptors (Lipinski definition) is 4. The summed E-state index contributed by atoms with van der Waals surface area (Å²) in [5.41, 5.74) is 1.51. The number of carbonyl (C=O) groups excluding carboxylic acids is 1. The van der Waals surface area contributed by atoms with Gasteiger partial charge in [-0.15, -0.1) is 0 Å². The van der Waals surface area contributed by atoms with E-state index in [-0.39, 0.29) is 11.3 Å². The minimum absolute atomic E-state index is 0.0829. The molecule has 6 nitrogen and oxygen atoms in total. The van der Waals surface area contributed by atoms with E-state index in [0.717, 1.165) is 11.6 Å². The molecule has 132 valence electrons. The van der Waals surface area contributed by atoms with E-state index in [0.29, 0.717) is 5.69 Å². The Kier molecular flexibility index (Phi) is 6.11. The number of rotatable bonds is 5. The van der Waals surface area contributed by atoms with Crippen LogP contribution < -0.4 is 10.6 Å². The first kappa shape index (κ1) is 19.3. The number of benzene rings is 2. The molecule has 2 rings (SSSR count). The van der Waals surface area contributed by atoms with Gasteiger partial charge in [-0.1, -0.05) is 53.0 Å². The molecule has 0 fully saturated rings. The molecule has 0 radical (unpaired) electrons. The smallest absolute Gasteiger partial charge is 0.270 e. The van der Waals surface area contributed by atoms with Gasteiger partial charge in [-0.05, 0) is 30.7 Å². The summed E-state index contributed by atoms with van der Waals surface area (Å²) in [5.74, 6) is -0.611. The molecule has 2 aromatic rings. The van der Waals surface area contributed by atoms with E-state index in [1.807, 2.05) is 25.1 Å². The highest BCUT2D eigenvalue weighted by molar-refractivity contribution is 6.68. The molecular weight excluding hydrogens is 389 g/mol. The zero-order chi connectivity index (χ0) is 18.6. The maximum Gasteiger partial charge on any atom is 0.270 e. The first-order valence-corrected chi connectivity index (χ1v) is 8.25. The van der Waals surface area contributed by atoms with E-state index in [9.17, 15) is 14.9 Å². The van der Waals surface area contributed by atoms with Gasteiger partial charge in [0.2, 0.25) is 3.79 Å². The minimum atomic E-state index is -1.85. The van der Waals surface area contributed by atoms with Gasteiger partial charge in [-0.3, -0.25) is 14.9 Å². The average Bonchev–Trinajstić information content (AvgIpc) is 2.53. The summed E-state index contributed by atoms with van der Waals surface area (Å²) >= 11 is 17.8. The lowest BCUT2D eigenvalue weighted by Crippen LogP contribution is -2.49. The van der Waals surface area contributed by atoms with Crippen LogP contribution >= 0.6 is 34.8 Å². The van der Waals surface area contributed by atoms with Gasteiger partial charge in [0.25, 0.3) is 11.6 Å². The van der Waals surface area contributed by atoms with E-state index in [1.165, 1.54) is 18.2 Å². The molecule has 1 amide bonds. The second-order valence-corrected chi connectivity index (χ2v) is 7.64. The quantitative estimate of drug-likeness (QED) is 0.335. The fourth-order valence-electron chi connectivity index (χ4n) is 2.08. The Morgan fingerprint density at radius 3 is 2.44 bits per heavy atom. The topological polar surface area (TPSA) is 84.3 Å². The van der Waals surface area contributed by atoms with Crippen molar-refractivity contribution in [1.29, 1.82) is 0 Å². The molecule has 1 atom stereocenters. The van der Waals surface area contributed by atoms with Crippen molar-refractivity contribution >= 4 is 52.1 Å². The number of nitro benzene ring substituents is 1. The molecule has 2 aromatic carbocycles. The Hall–Kier alpha value is -2.02. The number of nitrogens with zero attached hydrogens (tertiary/aromatic N) is 1. The number of halogens is 3. The molecule has 0 saturated heterocycles. The number of aryl methyl sites for hydroxylation is 1. The maximum absolute atomic E-state index is 12.4. The average molecular weight is 403 g/mol. The van der Waals surface area contributed by atoms with Crippen molar-refractivity contribution in [3.05, 3.63) is 69.8 Å². The largest absolute Gasteiger partial charge is 0.362 e. The number of hydrogen-bond donors (Lipinski definition) is 2. The van der Waals surface area contributed by atoms with Gasteiger partial charge in [0.05, 0.1) is 4.92 Å². The number of non-ortho nitro benzene ring substituents is 1. The van der Waals surface area contributed by atoms with Crippen molar-refractivity contribution < 1.29 is 9.72 Å². The van der Waals surface area contributed by atoms with E-state index in [4.69, 9.17) is 34.8 Å². The SMILES string of the molecule is Cc1cccc(N[C@H](NC(=O)c2cccc([N+](=O)[O-])c2)C(Cl)(Cl)Cl)c1. The van der Waals surface area contributed by atoms with Crippen molar-refractivity contribution in [3.63, 3.8) is 0 Å². The Morgan fingerprint density at radius 1 is 1.16 bits per heavy atom. The number of nitro groups is 1. The number of alkyl halides is 3. The lowest BCUT2D eigenvalue weighted by atomic mass is 10.2. The van der Waals surface area contributed by atoms with E-state index < -0.39 is 20.8 Å². The van der Waals surface area contributed by atoms with Crippen molar-refractivity contribution in [3.8, 4) is 0 Å². The van der Waals surface area contributed by atoms with Crippen LogP contribution in [0.4, 0.5) is 11.4 Å². The molecule has 9 heteroatoms. The predicted octanol–water partition coefficient (Wildman–Crippen LogP) is 4.44. The first-order chi connectivity index (χ1) is 11.7. The van der Waals surface area contributed by atoms with Crippen molar-refractivity contribution in [2.45, 2.75) is 16.9 Å². The Balaban J connectivity index is 2.21. The van der Waals surface area contributed by atoms with E-state index in [1.54, 1.807) is 6.07 Å². The fourth-order valence-corrected chi connectivity index (χ4v) is 2.40. The Morgan fingerprint density at radius 2 is 1.84 bits per heavy atom. The summed E-state index contributed by atoms with van der Waals surface area (Å²) in [6.45, 7) is 1.90. The van der Waals surface area contributed by atoms with Crippen LogP contribution in [0.25, 0.3) is 0 Å². The van der Waals surface area contributed by atoms with Crippen LogP contribution in [0.15, 0.2) is 48.5 Å². The van der Waals surface area contributed by atoms with Crippen LogP contribution in [0.3, 0.4) is 0 Å². The molecule has 0 bridgehead atoms.